The van der Waals surface area contributed by atoms with Crippen LogP contribution in [0.4, 0.5) is 0 Å². The van der Waals surface area contributed by atoms with E-state index in [0.29, 0.717) is 18.4 Å². The van der Waals surface area contributed by atoms with Crippen LogP contribution in [0.3, 0.4) is 0 Å². The van der Waals surface area contributed by atoms with Crippen LogP contribution in [0.1, 0.15) is 24.8 Å². The fourth-order valence-corrected chi connectivity index (χ4v) is 5.56. The third kappa shape index (κ3) is 6.57. The van der Waals surface area contributed by atoms with Gasteiger partial charge in [-0.25, -0.2) is 0 Å². The summed E-state index contributed by atoms with van der Waals surface area (Å²) in [6.07, 6.45) is 2.76. The average molecular weight is 467 g/mol. The van der Waals surface area contributed by atoms with Crippen molar-refractivity contribution in [2.75, 3.05) is 73.6 Å². The average Bonchev–Trinajstić information content (AvgIpc) is 2.86. The van der Waals surface area contributed by atoms with E-state index in [0.717, 1.165) is 65.4 Å². The molecule has 0 unspecified atom stereocenters. The van der Waals surface area contributed by atoms with Crippen molar-refractivity contribution < 1.29 is 9.53 Å². The number of morpholine rings is 1. The third-order valence-electron chi connectivity index (χ3n) is 7.60. The lowest BCUT2D eigenvalue weighted by molar-refractivity contribution is -0.130. The molecule has 6 heteroatoms. The van der Waals surface area contributed by atoms with Gasteiger partial charge in [-0.05, 0) is 55.7 Å². The van der Waals surface area contributed by atoms with Crippen LogP contribution in [0, 0.1) is 5.92 Å². The molecule has 186 valence electrons. The van der Waals surface area contributed by atoms with E-state index < -0.39 is 0 Å². The molecule has 2 fully saturated rings. The molecule has 2 saturated heterocycles. The molecule has 4 rings (SSSR count). The van der Waals surface area contributed by atoms with Gasteiger partial charge in [0.25, 0.3) is 0 Å². The van der Waals surface area contributed by atoms with E-state index in [2.05, 4.69) is 71.3 Å². The van der Waals surface area contributed by atoms with Crippen molar-refractivity contribution in [1.29, 1.82) is 0 Å². The Morgan fingerprint density at radius 1 is 1.00 bits per heavy atom. The zero-order valence-corrected chi connectivity index (χ0v) is 21.3. The van der Waals surface area contributed by atoms with Crippen LogP contribution < -0.4 is 0 Å². The number of amides is 1. The van der Waals surface area contributed by atoms with Gasteiger partial charge in [0.05, 0.1) is 13.2 Å². The van der Waals surface area contributed by atoms with Crippen molar-refractivity contribution in [2.24, 2.45) is 5.92 Å². The van der Waals surface area contributed by atoms with Gasteiger partial charge in [0.1, 0.15) is 0 Å². The van der Waals surface area contributed by atoms with Crippen LogP contribution in [-0.2, 0) is 16.1 Å². The number of carbonyl (C=O) groups is 1. The molecule has 2 aliphatic rings. The maximum Gasteiger partial charge on any atom is 0.222 e. The number of nitrogens with zero attached hydrogens (tertiary/aromatic N) is 4. The van der Waals surface area contributed by atoms with E-state index in [-0.39, 0.29) is 5.91 Å². The van der Waals surface area contributed by atoms with E-state index >= 15 is 0 Å². The number of ether oxygens (including phenoxy) is 1. The van der Waals surface area contributed by atoms with Crippen LogP contribution in [-0.4, -0.2) is 105 Å². The lowest BCUT2D eigenvalue weighted by atomic mass is 9.86. The SMILES string of the molecule is CN(C)CCN(C)C(=O)CC[C@@H]1CN(Cc2cccc3ccccc23)CC[C@@H]1N1CCOCC1. The second-order valence-electron chi connectivity index (χ2n) is 10.3. The van der Waals surface area contributed by atoms with Gasteiger partial charge in [-0.2, -0.15) is 0 Å². The summed E-state index contributed by atoms with van der Waals surface area (Å²) in [5.41, 5.74) is 1.40. The first-order chi connectivity index (χ1) is 16.5. The topological polar surface area (TPSA) is 39.3 Å². The first kappa shape index (κ1) is 25.1. The van der Waals surface area contributed by atoms with E-state index in [9.17, 15) is 4.79 Å². The minimum absolute atomic E-state index is 0.272. The van der Waals surface area contributed by atoms with E-state index in [1.807, 2.05) is 11.9 Å². The number of piperidine rings is 1. The summed E-state index contributed by atoms with van der Waals surface area (Å²) in [7, 11) is 6.05. The highest BCUT2D eigenvalue weighted by Crippen LogP contribution is 2.29. The molecule has 2 aromatic rings. The highest BCUT2D eigenvalue weighted by Gasteiger charge is 2.34. The molecule has 0 N–H and O–H groups in total. The summed E-state index contributed by atoms with van der Waals surface area (Å²) in [6.45, 7) is 8.52. The molecular weight excluding hydrogens is 424 g/mol. The monoisotopic (exact) mass is 466 g/mol. The highest BCUT2D eigenvalue weighted by molar-refractivity contribution is 5.85. The molecule has 2 atom stereocenters. The summed E-state index contributed by atoms with van der Waals surface area (Å²) in [6, 6.07) is 15.9. The summed E-state index contributed by atoms with van der Waals surface area (Å²) >= 11 is 0. The predicted octanol–water partition coefficient (Wildman–Crippen LogP) is 3.16. The van der Waals surface area contributed by atoms with Gasteiger partial charge in [0, 0.05) is 58.8 Å². The normalized spacial score (nSPS) is 22.4. The number of benzene rings is 2. The van der Waals surface area contributed by atoms with E-state index in [1.165, 1.54) is 22.8 Å². The summed E-state index contributed by atoms with van der Waals surface area (Å²) in [4.78, 5) is 22.1. The van der Waals surface area contributed by atoms with Gasteiger partial charge in [0.2, 0.25) is 5.91 Å². The Bertz CT molecular complexity index is 922. The second kappa shape index (κ2) is 12.1. The number of likely N-dealkylation sites (tertiary alicyclic amines) is 1. The number of rotatable bonds is 9. The van der Waals surface area contributed by atoms with Gasteiger partial charge >= 0.3 is 0 Å². The molecule has 2 aromatic carbocycles. The smallest absolute Gasteiger partial charge is 0.222 e. The van der Waals surface area contributed by atoms with Gasteiger partial charge in [-0.15, -0.1) is 0 Å². The number of hydrogen-bond donors (Lipinski definition) is 0. The van der Waals surface area contributed by atoms with Gasteiger partial charge < -0.3 is 14.5 Å². The molecule has 1 amide bonds. The van der Waals surface area contributed by atoms with Crippen LogP contribution >= 0.6 is 0 Å². The van der Waals surface area contributed by atoms with Crippen LogP contribution in [0.2, 0.25) is 0 Å². The number of fused-ring (bicyclic) bond motifs is 1. The van der Waals surface area contributed by atoms with Crippen molar-refractivity contribution in [3.8, 4) is 0 Å². The number of hydrogen-bond acceptors (Lipinski definition) is 5. The van der Waals surface area contributed by atoms with Gasteiger partial charge in [-0.1, -0.05) is 42.5 Å². The first-order valence-corrected chi connectivity index (χ1v) is 12.9. The van der Waals surface area contributed by atoms with Crippen molar-refractivity contribution in [1.82, 2.24) is 19.6 Å². The molecule has 0 aliphatic carbocycles. The van der Waals surface area contributed by atoms with Gasteiger partial charge in [0.15, 0.2) is 0 Å². The Labute approximate surface area is 205 Å². The maximum absolute atomic E-state index is 12.9. The minimum atomic E-state index is 0.272. The van der Waals surface area contributed by atoms with Crippen LogP contribution in [0.5, 0.6) is 0 Å². The fourth-order valence-electron chi connectivity index (χ4n) is 5.56. The zero-order valence-electron chi connectivity index (χ0n) is 21.3. The maximum atomic E-state index is 12.9. The predicted molar refractivity (Wildman–Crippen MR) is 139 cm³/mol. The number of likely N-dealkylation sites (N-methyl/N-ethyl adjacent to an activating group) is 2. The Morgan fingerprint density at radius 3 is 2.56 bits per heavy atom. The lowest BCUT2D eigenvalue weighted by Crippen LogP contribution is -2.54. The molecule has 6 nitrogen and oxygen atoms in total. The van der Waals surface area contributed by atoms with E-state index in [1.54, 1.807) is 0 Å². The Kier molecular flexibility index (Phi) is 8.95. The second-order valence-corrected chi connectivity index (χ2v) is 10.3. The Hall–Kier alpha value is -1.99. The zero-order chi connectivity index (χ0) is 23.9. The quantitative estimate of drug-likeness (QED) is 0.568. The third-order valence-corrected chi connectivity index (χ3v) is 7.60. The van der Waals surface area contributed by atoms with Crippen molar-refractivity contribution >= 4 is 16.7 Å². The summed E-state index contributed by atoms with van der Waals surface area (Å²) < 4.78 is 5.63. The van der Waals surface area contributed by atoms with Crippen molar-refractivity contribution in [3.63, 3.8) is 0 Å². The molecule has 0 saturated carbocycles. The lowest BCUT2D eigenvalue weighted by Gasteiger charge is -2.45. The van der Waals surface area contributed by atoms with Crippen LogP contribution in [0.25, 0.3) is 10.8 Å². The van der Waals surface area contributed by atoms with Crippen molar-refractivity contribution in [3.05, 3.63) is 48.0 Å². The number of carbonyl (C=O) groups excluding carboxylic acids is 1. The molecular formula is C28H42N4O2. The molecule has 2 aliphatic heterocycles. The van der Waals surface area contributed by atoms with Crippen molar-refractivity contribution in [2.45, 2.75) is 31.8 Å². The minimum Gasteiger partial charge on any atom is -0.379 e. The molecule has 0 aromatic heterocycles. The molecule has 0 bridgehead atoms. The molecule has 34 heavy (non-hydrogen) atoms. The highest BCUT2D eigenvalue weighted by atomic mass is 16.5. The summed E-state index contributed by atoms with van der Waals surface area (Å²) in [5, 5.41) is 2.67. The fraction of sp³-hybridized carbons (Fsp3) is 0.607. The summed E-state index contributed by atoms with van der Waals surface area (Å²) in [5.74, 6) is 0.779. The largest absolute Gasteiger partial charge is 0.379 e. The molecule has 2 heterocycles. The van der Waals surface area contributed by atoms with E-state index in [4.69, 9.17) is 4.74 Å². The van der Waals surface area contributed by atoms with Gasteiger partial charge in [-0.3, -0.25) is 14.6 Å². The molecule has 0 radical (unpaired) electrons. The standard InChI is InChI=1S/C28H42N4O2/c1-29(2)15-16-30(3)28(33)12-11-25-22-31(14-13-27(25)32-17-19-34-20-18-32)21-24-9-6-8-23-7-4-5-10-26(23)24/h4-10,25,27H,11-22H2,1-3H3/t25-,27+/m1/s1. The first-order valence-electron chi connectivity index (χ1n) is 12.9. The Balaban J connectivity index is 1.42. The molecule has 0 spiro atoms. The van der Waals surface area contributed by atoms with Crippen LogP contribution in [0.15, 0.2) is 42.5 Å². The Morgan fingerprint density at radius 2 is 1.76 bits per heavy atom.